The van der Waals surface area contributed by atoms with Gasteiger partial charge in [0.15, 0.2) is 6.61 Å². The van der Waals surface area contributed by atoms with E-state index >= 15 is 0 Å². The molecule has 0 aliphatic heterocycles. The summed E-state index contributed by atoms with van der Waals surface area (Å²) in [5.41, 5.74) is 5.48. The number of aromatic nitrogens is 2. The van der Waals surface area contributed by atoms with Crippen LogP contribution < -0.4 is 15.5 Å². The Hall–Kier alpha value is -3.69. The average molecular weight is 541 g/mol. The van der Waals surface area contributed by atoms with Gasteiger partial charge in [0.1, 0.15) is 17.1 Å². The van der Waals surface area contributed by atoms with E-state index < -0.39 is 0 Å². The quantitative estimate of drug-likeness (QED) is 0.259. The van der Waals surface area contributed by atoms with E-state index in [2.05, 4.69) is 36.8 Å². The molecule has 0 fully saturated rings. The first-order valence-corrected chi connectivity index (χ1v) is 11.3. The highest BCUT2D eigenvalue weighted by Crippen LogP contribution is 2.20. The predicted octanol–water partition coefficient (Wildman–Crippen LogP) is 4.84. The van der Waals surface area contributed by atoms with E-state index in [4.69, 9.17) is 16.3 Å². The standard InChI is InChI=1S/C24H19BrClN5O3/c1-15-23(31-13-17(25)8-11-21(31)28-15)24(33)30-27-12-16-6-9-18(10-7-16)34-14-22(32)29-20-5-3-2-4-19(20)26/h2-13H,14H2,1H3,(H,29,32)(H,30,33)/b27-12-. The third-order valence-electron chi connectivity index (χ3n) is 4.75. The number of benzene rings is 2. The van der Waals surface area contributed by atoms with E-state index in [1.54, 1.807) is 66.1 Å². The first-order valence-electron chi connectivity index (χ1n) is 10.2. The molecule has 0 aliphatic carbocycles. The molecule has 172 valence electrons. The van der Waals surface area contributed by atoms with Crippen LogP contribution in [-0.4, -0.2) is 34.0 Å². The van der Waals surface area contributed by atoms with Gasteiger partial charge in [-0.15, -0.1) is 0 Å². The molecular weight excluding hydrogens is 522 g/mol. The van der Waals surface area contributed by atoms with Crippen molar-refractivity contribution in [3.05, 3.63) is 93.3 Å². The summed E-state index contributed by atoms with van der Waals surface area (Å²) in [4.78, 5) is 29.1. The maximum atomic E-state index is 12.6. The number of nitrogens with one attached hydrogen (secondary N) is 2. The highest BCUT2D eigenvalue weighted by Gasteiger charge is 2.16. The molecule has 2 heterocycles. The van der Waals surface area contributed by atoms with Gasteiger partial charge in [-0.3, -0.25) is 14.0 Å². The summed E-state index contributed by atoms with van der Waals surface area (Å²) < 4.78 is 8.05. The Balaban J connectivity index is 1.31. The molecule has 0 saturated carbocycles. The number of amides is 2. The molecule has 0 aliphatic rings. The second-order valence-electron chi connectivity index (χ2n) is 7.21. The first kappa shape index (κ1) is 23.5. The lowest BCUT2D eigenvalue weighted by Crippen LogP contribution is -2.20. The molecule has 10 heteroatoms. The average Bonchev–Trinajstić information content (AvgIpc) is 3.15. The fourth-order valence-corrected chi connectivity index (χ4v) is 3.70. The van der Waals surface area contributed by atoms with Gasteiger partial charge in [-0.25, -0.2) is 10.4 Å². The molecule has 0 saturated heterocycles. The minimum atomic E-state index is -0.371. The first-order chi connectivity index (χ1) is 16.4. The van der Waals surface area contributed by atoms with Crippen LogP contribution in [0, 0.1) is 6.92 Å². The number of nitrogens with zero attached hydrogens (tertiary/aromatic N) is 3. The molecule has 0 spiro atoms. The fraction of sp³-hybridized carbons (Fsp3) is 0.0833. The van der Waals surface area contributed by atoms with E-state index in [-0.39, 0.29) is 18.4 Å². The number of hydrogen-bond donors (Lipinski definition) is 2. The lowest BCUT2D eigenvalue weighted by atomic mass is 10.2. The normalized spacial score (nSPS) is 11.0. The SMILES string of the molecule is Cc1nc2ccc(Br)cn2c1C(=O)N/N=C\c1ccc(OCC(=O)Nc2ccccc2Cl)cc1. The molecule has 0 unspecified atom stereocenters. The number of carbonyl (C=O) groups excluding carboxylic acids is 2. The number of anilines is 1. The number of rotatable bonds is 7. The molecule has 0 bridgehead atoms. The number of aryl methyl sites for hydroxylation is 1. The number of hydrazone groups is 1. The molecule has 8 nitrogen and oxygen atoms in total. The molecule has 0 atom stereocenters. The van der Waals surface area contributed by atoms with Crippen LogP contribution >= 0.6 is 27.5 Å². The van der Waals surface area contributed by atoms with Gasteiger partial charge in [-0.05, 0) is 76.9 Å². The lowest BCUT2D eigenvalue weighted by Gasteiger charge is -2.08. The molecule has 4 aromatic rings. The number of fused-ring (bicyclic) bond motifs is 1. The molecule has 2 aromatic carbocycles. The number of carbonyl (C=O) groups is 2. The van der Waals surface area contributed by atoms with Crippen LogP contribution in [0.25, 0.3) is 5.65 Å². The van der Waals surface area contributed by atoms with Crippen LogP contribution in [0.1, 0.15) is 21.7 Å². The maximum absolute atomic E-state index is 12.6. The zero-order valence-corrected chi connectivity index (χ0v) is 20.3. The monoisotopic (exact) mass is 539 g/mol. The van der Waals surface area contributed by atoms with Crippen molar-refractivity contribution in [2.45, 2.75) is 6.92 Å². The Labute approximate surface area is 208 Å². The number of ether oxygens (including phenoxy) is 1. The molecular formula is C24H19BrClN5O3. The number of halogens is 2. The minimum absolute atomic E-state index is 0.163. The summed E-state index contributed by atoms with van der Waals surface area (Å²) in [5.74, 6) is -0.178. The summed E-state index contributed by atoms with van der Waals surface area (Å²) in [6, 6.07) is 17.6. The summed E-state index contributed by atoms with van der Waals surface area (Å²) in [6.07, 6.45) is 3.29. The third-order valence-corrected chi connectivity index (χ3v) is 5.55. The van der Waals surface area contributed by atoms with E-state index in [0.29, 0.717) is 33.5 Å². The molecule has 2 aromatic heterocycles. The van der Waals surface area contributed by atoms with Crippen molar-refractivity contribution in [1.29, 1.82) is 0 Å². The van der Waals surface area contributed by atoms with Crippen molar-refractivity contribution < 1.29 is 14.3 Å². The van der Waals surface area contributed by atoms with Crippen LogP contribution in [-0.2, 0) is 4.79 Å². The minimum Gasteiger partial charge on any atom is -0.484 e. The topological polar surface area (TPSA) is 97.1 Å². The van der Waals surface area contributed by atoms with E-state index in [1.165, 1.54) is 6.21 Å². The largest absolute Gasteiger partial charge is 0.484 e. The van der Waals surface area contributed by atoms with E-state index in [9.17, 15) is 9.59 Å². The zero-order chi connectivity index (χ0) is 24.1. The van der Waals surface area contributed by atoms with Crippen molar-refractivity contribution >= 4 is 56.9 Å². The van der Waals surface area contributed by atoms with Crippen LogP contribution in [0.2, 0.25) is 5.02 Å². The van der Waals surface area contributed by atoms with Crippen LogP contribution in [0.4, 0.5) is 5.69 Å². The Morgan fingerprint density at radius 3 is 2.68 bits per heavy atom. The smallest absolute Gasteiger partial charge is 0.290 e. The van der Waals surface area contributed by atoms with Gasteiger partial charge in [0.25, 0.3) is 11.8 Å². The van der Waals surface area contributed by atoms with Crippen molar-refractivity contribution in [3.63, 3.8) is 0 Å². The van der Waals surface area contributed by atoms with Crippen molar-refractivity contribution in [1.82, 2.24) is 14.8 Å². The van der Waals surface area contributed by atoms with E-state index in [1.807, 2.05) is 12.1 Å². The number of para-hydroxylation sites is 1. The van der Waals surface area contributed by atoms with Crippen molar-refractivity contribution in [2.24, 2.45) is 5.10 Å². The molecule has 0 radical (unpaired) electrons. The third kappa shape index (κ3) is 5.62. The molecule has 2 amide bonds. The summed E-state index contributed by atoms with van der Waals surface area (Å²) in [5, 5.41) is 7.18. The Morgan fingerprint density at radius 2 is 1.91 bits per heavy atom. The van der Waals surface area contributed by atoms with Gasteiger partial charge in [0.2, 0.25) is 0 Å². The maximum Gasteiger partial charge on any atom is 0.290 e. The fourth-order valence-electron chi connectivity index (χ4n) is 3.18. The highest BCUT2D eigenvalue weighted by molar-refractivity contribution is 9.10. The second kappa shape index (κ2) is 10.5. The summed E-state index contributed by atoms with van der Waals surface area (Å²) >= 11 is 9.44. The number of pyridine rings is 1. The predicted molar refractivity (Wildman–Crippen MR) is 135 cm³/mol. The van der Waals surface area contributed by atoms with Gasteiger partial charge in [0, 0.05) is 10.7 Å². The van der Waals surface area contributed by atoms with Crippen LogP contribution in [0.15, 0.2) is 76.4 Å². The van der Waals surface area contributed by atoms with Gasteiger partial charge >= 0.3 is 0 Å². The molecule has 4 rings (SSSR count). The zero-order valence-electron chi connectivity index (χ0n) is 18.0. The summed E-state index contributed by atoms with van der Waals surface area (Å²) in [7, 11) is 0. The Morgan fingerprint density at radius 1 is 1.15 bits per heavy atom. The molecule has 34 heavy (non-hydrogen) atoms. The Bertz CT molecular complexity index is 1390. The van der Waals surface area contributed by atoms with E-state index in [0.717, 1.165) is 10.0 Å². The number of imidazole rings is 1. The van der Waals surface area contributed by atoms with Crippen LogP contribution in [0.5, 0.6) is 5.75 Å². The van der Waals surface area contributed by atoms with Crippen molar-refractivity contribution in [2.75, 3.05) is 11.9 Å². The van der Waals surface area contributed by atoms with Gasteiger partial charge in [-0.1, -0.05) is 23.7 Å². The van der Waals surface area contributed by atoms with Gasteiger partial charge < -0.3 is 10.1 Å². The Kier molecular flexibility index (Phi) is 7.24. The summed E-state index contributed by atoms with van der Waals surface area (Å²) in [6.45, 7) is 1.61. The lowest BCUT2D eigenvalue weighted by molar-refractivity contribution is -0.118. The second-order valence-corrected chi connectivity index (χ2v) is 8.53. The van der Waals surface area contributed by atoms with Gasteiger partial charge in [0.05, 0.1) is 22.6 Å². The van der Waals surface area contributed by atoms with Gasteiger partial charge in [-0.2, -0.15) is 5.10 Å². The van der Waals surface area contributed by atoms with Crippen LogP contribution in [0.3, 0.4) is 0 Å². The molecule has 2 N–H and O–H groups in total. The number of hydrogen-bond acceptors (Lipinski definition) is 5. The highest BCUT2D eigenvalue weighted by atomic mass is 79.9. The van der Waals surface area contributed by atoms with Crippen molar-refractivity contribution in [3.8, 4) is 5.75 Å².